The molecule has 0 spiro atoms. The summed E-state index contributed by atoms with van der Waals surface area (Å²) in [6.07, 6.45) is -0.233. The Hall–Kier alpha value is -3.69. The number of aromatic nitrogens is 3. The number of nitriles is 2. The Bertz CT molecular complexity index is 1350. The monoisotopic (exact) mass is 423 g/mol. The van der Waals surface area contributed by atoms with Gasteiger partial charge in [0.1, 0.15) is 10.9 Å². The Labute approximate surface area is 173 Å². The summed E-state index contributed by atoms with van der Waals surface area (Å²) in [5.41, 5.74) is 0.0125. The highest BCUT2D eigenvalue weighted by atomic mass is 32.1. The van der Waals surface area contributed by atoms with Gasteiger partial charge in [0.05, 0.1) is 16.3 Å². The molecular weight excluding hydrogens is 411 g/mol. The van der Waals surface area contributed by atoms with E-state index in [1.807, 2.05) is 6.07 Å². The number of rotatable bonds is 3. The van der Waals surface area contributed by atoms with E-state index >= 15 is 0 Å². The van der Waals surface area contributed by atoms with Crippen LogP contribution in [0.1, 0.15) is 23.1 Å². The normalized spacial score (nSPS) is 11.4. The Morgan fingerprint density at radius 2 is 1.90 bits per heavy atom. The molecule has 0 radical (unpaired) electrons. The fourth-order valence-corrected chi connectivity index (χ4v) is 4.22. The maximum absolute atomic E-state index is 13.8. The summed E-state index contributed by atoms with van der Waals surface area (Å²) in [4.78, 5) is 4.66. The van der Waals surface area contributed by atoms with Crippen molar-refractivity contribution in [2.75, 3.05) is 0 Å². The van der Waals surface area contributed by atoms with Crippen molar-refractivity contribution < 1.29 is 13.2 Å². The summed E-state index contributed by atoms with van der Waals surface area (Å²) in [5, 5.41) is 23.3. The molecule has 9 heteroatoms. The first kappa shape index (κ1) is 19.6. The minimum Gasteiger partial charge on any atom is -0.272 e. The summed E-state index contributed by atoms with van der Waals surface area (Å²) in [6, 6.07) is 10.5. The molecule has 0 atom stereocenters. The number of benzene rings is 1. The smallest absolute Gasteiger partial charge is 0.272 e. The maximum atomic E-state index is 13.8. The first-order chi connectivity index (χ1) is 14.4. The van der Waals surface area contributed by atoms with Crippen molar-refractivity contribution in [1.82, 2.24) is 14.8 Å². The lowest BCUT2D eigenvalue weighted by atomic mass is 9.90. The van der Waals surface area contributed by atoms with Crippen LogP contribution in [0, 0.1) is 22.7 Å². The highest BCUT2D eigenvalue weighted by Gasteiger charge is 2.38. The lowest BCUT2D eigenvalue weighted by Gasteiger charge is -2.13. The van der Waals surface area contributed by atoms with Crippen molar-refractivity contribution >= 4 is 21.4 Å². The third-order valence-corrected chi connectivity index (χ3v) is 5.63. The maximum Gasteiger partial charge on any atom is 0.435 e. The van der Waals surface area contributed by atoms with Crippen molar-refractivity contribution in [2.45, 2.75) is 19.6 Å². The van der Waals surface area contributed by atoms with Gasteiger partial charge < -0.3 is 0 Å². The molecule has 0 unspecified atom stereocenters. The zero-order valence-corrected chi connectivity index (χ0v) is 16.3. The molecule has 0 aliphatic heterocycles. The number of halogens is 3. The highest BCUT2D eigenvalue weighted by Crippen LogP contribution is 2.43. The fraction of sp³-hybridized carbons (Fsp3) is 0.143. The van der Waals surface area contributed by atoms with Crippen LogP contribution in [0.25, 0.3) is 32.3 Å². The molecule has 0 saturated carbocycles. The second-order valence-corrected chi connectivity index (χ2v) is 7.49. The van der Waals surface area contributed by atoms with Crippen LogP contribution >= 0.6 is 11.3 Å². The second-order valence-electron chi connectivity index (χ2n) is 6.41. The Morgan fingerprint density at radius 3 is 2.57 bits per heavy atom. The lowest BCUT2D eigenvalue weighted by molar-refractivity contribution is -0.141. The molecular formula is C21H12F3N5S. The Kier molecular flexibility index (Phi) is 4.76. The van der Waals surface area contributed by atoms with Crippen LogP contribution in [-0.4, -0.2) is 14.8 Å². The van der Waals surface area contributed by atoms with Gasteiger partial charge in [0.15, 0.2) is 5.69 Å². The number of thiophene rings is 1. The van der Waals surface area contributed by atoms with Gasteiger partial charge in [-0.1, -0.05) is 12.1 Å². The van der Waals surface area contributed by atoms with Crippen LogP contribution in [-0.2, 0) is 12.7 Å². The van der Waals surface area contributed by atoms with E-state index in [2.05, 4.69) is 16.2 Å². The lowest BCUT2D eigenvalue weighted by Crippen LogP contribution is -2.09. The molecule has 30 heavy (non-hydrogen) atoms. The largest absolute Gasteiger partial charge is 0.435 e. The molecule has 148 valence electrons. The molecule has 0 saturated heterocycles. The number of hydrogen-bond acceptors (Lipinski definition) is 5. The number of pyridine rings is 1. The second kappa shape index (κ2) is 7.29. The van der Waals surface area contributed by atoms with E-state index in [1.165, 1.54) is 34.5 Å². The van der Waals surface area contributed by atoms with Gasteiger partial charge in [0.2, 0.25) is 0 Å². The number of aryl methyl sites for hydroxylation is 1. The van der Waals surface area contributed by atoms with Crippen LogP contribution in [0.15, 0.2) is 42.9 Å². The van der Waals surface area contributed by atoms with Gasteiger partial charge in [-0.3, -0.25) is 9.67 Å². The van der Waals surface area contributed by atoms with Crippen molar-refractivity contribution in [1.29, 1.82) is 10.5 Å². The summed E-state index contributed by atoms with van der Waals surface area (Å²) in [7, 11) is 0. The quantitative estimate of drug-likeness (QED) is 0.429. The molecule has 0 fully saturated rings. The number of fused-ring (bicyclic) bond motifs is 1. The van der Waals surface area contributed by atoms with E-state index in [4.69, 9.17) is 0 Å². The summed E-state index contributed by atoms with van der Waals surface area (Å²) in [6.45, 7) is 1.94. The molecule has 0 aliphatic carbocycles. The van der Waals surface area contributed by atoms with Crippen LogP contribution in [0.5, 0.6) is 0 Å². The fourth-order valence-electron chi connectivity index (χ4n) is 3.37. The molecule has 0 aliphatic rings. The minimum atomic E-state index is -4.68. The molecule has 3 heterocycles. The summed E-state index contributed by atoms with van der Waals surface area (Å²) in [5.74, 6) is 0. The van der Waals surface area contributed by atoms with Crippen molar-refractivity contribution in [3.05, 3.63) is 59.0 Å². The molecule has 0 N–H and O–H groups in total. The molecule has 0 bridgehead atoms. The standard InChI is InChI=1S/C21H12F3N5S/c1-2-29-11-17(20(28-29)21(22,23)24)19-12(7-25)4-3-5-14(19)16-9-27-10-18-15(16)6-13(8-26)30-18/h3-6,9-11H,2H2,1H3. The van der Waals surface area contributed by atoms with Gasteiger partial charge in [-0.15, -0.1) is 11.3 Å². The zero-order valence-electron chi connectivity index (χ0n) is 15.5. The molecule has 5 nitrogen and oxygen atoms in total. The predicted molar refractivity (Wildman–Crippen MR) is 106 cm³/mol. The van der Waals surface area contributed by atoms with E-state index < -0.39 is 11.9 Å². The highest BCUT2D eigenvalue weighted by molar-refractivity contribution is 7.19. The third kappa shape index (κ3) is 3.19. The van der Waals surface area contributed by atoms with Crippen LogP contribution in [0.3, 0.4) is 0 Å². The average molecular weight is 423 g/mol. The van der Waals surface area contributed by atoms with E-state index in [0.29, 0.717) is 21.4 Å². The Morgan fingerprint density at radius 1 is 1.10 bits per heavy atom. The van der Waals surface area contributed by atoms with Gasteiger partial charge in [-0.25, -0.2) is 0 Å². The number of nitrogens with zero attached hydrogens (tertiary/aromatic N) is 5. The van der Waals surface area contributed by atoms with Crippen molar-refractivity contribution in [2.24, 2.45) is 0 Å². The average Bonchev–Trinajstić information content (AvgIpc) is 3.36. The van der Waals surface area contributed by atoms with E-state index in [0.717, 1.165) is 4.70 Å². The van der Waals surface area contributed by atoms with Gasteiger partial charge in [-0.05, 0) is 24.6 Å². The van der Waals surface area contributed by atoms with E-state index in [9.17, 15) is 23.7 Å². The minimum absolute atomic E-state index is 0.0985. The number of alkyl halides is 3. The van der Waals surface area contributed by atoms with Crippen LogP contribution in [0.2, 0.25) is 0 Å². The van der Waals surface area contributed by atoms with E-state index in [1.54, 1.807) is 31.3 Å². The Balaban J connectivity index is 2.09. The molecule has 0 amide bonds. The van der Waals surface area contributed by atoms with Gasteiger partial charge in [0.25, 0.3) is 0 Å². The van der Waals surface area contributed by atoms with Gasteiger partial charge in [-0.2, -0.15) is 28.8 Å². The molecule has 4 rings (SSSR count). The van der Waals surface area contributed by atoms with Crippen LogP contribution < -0.4 is 0 Å². The third-order valence-electron chi connectivity index (χ3n) is 4.66. The number of hydrogen-bond donors (Lipinski definition) is 0. The SMILES string of the molecule is CCn1cc(-c2c(C#N)cccc2-c2cncc3sc(C#N)cc23)c(C(F)(F)F)n1. The zero-order chi connectivity index (χ0) is 21.5. The van der Waals surface area contributed by atoms with Gasteiger partial charge in [0, 0.05) is 47.2 Å². The molecule has 4 aromatic rings. The van der Waals surface area contributed by atoms with Crippen molar-refractivity contribution in [3.8, 4) is 34.4 Å². The van der Waals surface area contributed by atoms with Crippen molar-refractivity contribution in [3.63, 3.8) is 0 Å². The van der Waals surface area contributed by atoms with E-state index in [-0.39, 0.29) is 23.2 Å². The molecule has 3 aromatic heterocycles. The summed E-state index contributed by atoms with van der Waals surface area (Å²) < 4.78 is 43.2. The topological polar surface area (TPSA) is 78.3 Å². The summed E-state index contributed by atoms with van der Waals surface area (Å²) >= 11 is 1.25. The first-order valence-corrected chi connectivity index (χ1v) is 9.65. The first-order valence-electron chi connectivity index (χ1n) is 8.83. The molecule has 1 aromatic carbocycles. The van der Waals surface area contributed by atoms with Crippen LogP contribution in [0.4, 0.5) is 13.2 Å². The van der Waals surface area contributed by atoms with Gasteiger partial charge >= 0.3 is 6.18 Å². The predicted octanol–water partition coefficient (Wildman–Crippen LogP) is 5.61.